The van der Waals surface area contributed by atoms with Gasteiger partial charge in [0, 0.05) is 0 Å². The third-order valence-corrected chi connectivity index (χ3v) is 3.28. The van der Waals surface area contributed by atoms with E-state index in [9.17, 15) is 5.11 Å². The zero-order chi connectivity index (χ0) is 10.9. The van der Waals surface area contributed by atoms with Crippen LogP contribution in [0.25, 0.3) is 0 Å². The van der Waals surface area contributed by atoms with Crippen molar-refractivity contribution < 1.29 is 5.11 Å². The Morgan fingerprint density at radius 2 is 1.93 bits per heavy atom. The van der Waals surface area contributed by atoms with Gasteiger partial charge in [0.1, 0.15) is 0 Å². The Balaban J connectivity index is 1.99. The minimum atomic E-state index is -0.145. The summed E-state index contributed by atoms with van der Waals surface area (Å²) in [6.45, 7) is 2.26. The van der Waals surface area contributed by atoms with Gasteiger partial charge in [-0.05, 0) is 32.1 Å². The lowest BCUT2D eigenvalue weighted by Gasteiger charge is -2.16. The molecular formula is C14H26O. The highest BCUT2D eigenvalue weighted by Crippen LogP contribution is 2.22. The van der Waals surface area contributed by atoms with Crippen LogP contribution < -0.4 is 0 Å². The van der Waals surface area contributed by atoms with Gasteiger partial charge in [0.05, 0.1) is 6.10 Å². The van der Waals surface area contributed by atoms with Crippen LogP contribution in [0.15, 0.2) is 11.6 Å². The second-order valence-corrected chi connectivity index (χ2v) is 4.80. The molecule has 1 N–H and O–H groups in total. The molecule has 0 aromatic rings. The highest BCUT2D eigenvalue weighted by Gasteiger charge is 2.09. The lowest BCUT2D eigenvalue weighted by molar-refractivity contribution is 0.201. The number of unbranched alkanes of at least 4 members (excludes halogenated alkanes) is 5. The van der Waals surface area contributed by atoms with E-state index in [-0.39, 0.29) is 6.10 Å². The summed E-state index contributed by atoms with van der Waals surface area (Å²) < 4.78 is 0. The van der Waals surface area contributed by atoms with Crippen molar-refractivity contribution in [1.29, 1.82) is 0 Å². The summed E-state index contributed by atoms with van der Waals surface area (Å²) in [5.41, 5.74) is 1.50. The number of aliphatic hydroxyl groups excluding tert-OH is 1. The monoisotopic (exact) mass is 210 g/mol. The van der Waals surface area contributed by atoms with E-state index in [1.165, 1.54) is 63.4 Å². The number of hydrogen-bond acceptors (Lipinski definition) is 1. The molecule has 0 aliphatic heterocycles. The average molecular weight is 210 g/mol. The van der Waals surface area contributed by atoms with Crippen molar-refractivity contribution in [1.82, 2.24) is 0 Å². The molecule has 0 spiro atoms. The van der Waals surface area contributed by atoms with Crippen LogP contribution in [0.4, 0.5) is 0 Å². The summed E-state index contributed by atoms with van der Waals surface area (Å²) in [5.74, 6) is 0. The topological polar surface area (TPSA) is 20.2 Å². The molecule has 1 nitrogen and oxygen atoms in total. The molecule has 0 fully saturated rings. The maximum Gasteiger partial charge on any atom is 0.0723 e. The first-order valence-corrected chi connectivity index (χ1v) is 6.70. The molecule has 1 unspecified atom stereocenters. The van der Waals surface area contributed by atoms with Crippen LogP contribution in [0, 0.1) is 0 Å². The predicted octanol–water partition coefficient (Wildman–Crippen LogP) is 4.21. The molecule has 0 aromatic carbocycles. The van der Waals surface area contributed by atoms with E-state index in [1.807, 2.05) is 0 Å². The smallest absolute Gasteiger partial charge is 0.0723 e. The number of hydrogen-bond donors (Lipinski definition) is 1. The Morgan fingerprint density at radius 1 is 1.20 bits per heavy atom. The van der Waals surface area contributed by atoms with Crippen LogP contribution in [0.2, 0.25) is 0 Å². The molecule has 0 radical (unpaired) electrons. The summed E-state index contributed by atoms with van der Waals surface area (Å²) in [5, 5.41) is 9.48. The van der Waals surface area contributed by atoms with Gasteiger partial charge in [-0.15, -0.1) is 0 Å². The molecule has 1 aliphatic carbocycles. The first-order chi connectivity index (χ1) is 7.33. The summed E-state index contributed by atoms with van der Waals surface area (Å²) >= 11 is 0. The van der Waals surface area contributed by atoms with Gasteiger partial charge in [0.25, 0.3) is 0 Å². The van der Waals surface area contributed by atoms with Gasteiger partial charge in [0.15, 0.2) is 0 Å². The van der Waals surface area contributed by atoms with Crippen LogP contribution in [-0.2, 0) is 0 Å². The van der Waals surface area contributed by atoms with Gasteiger partial charge in [-0.3, -0.25) is 0 Å². The summed E-state index contributed by atoms with van der Waals surface area (Å²) in [4.78, 5) is 0. The van der Waals surface area contributed by atoms with Crippen molar-refractivity contribution in [3.63, 3.8) is 0 Å². The SMILES string of the molecule is CCCCCCCCC1=CC(O)CCC1. The number of allylic oxidation sites excluding steroid dienone is 1. The van der Waals surface area contributed by atoms with Crippen molar-refractivity contribution in [2.24, 2.45) is 0 Å². The van der Waals surface area contributed by atoms with Crippen LogP contribution in [-0.4, -0.2) is 11.2 Å². The summed E-state index contributed by atoms with van der Waals surface area (Å²) in [6.07, 6.45) is 14.8. The van der Waals surface area contributed by atoms with E-state index >= 15 is 0 Å². The molecule has 1 rings (SSSR count). The Labute approximate surface area is 94.6 Å². The van der Waals surface area contributed by atoms with Crippen molar-refractivity contribution in [3.8, 4) is 0 Å². The minimum absolute atomic E-state index is 0.145. The molecule has 0 bridgehead atoms. The molecule has 0 saturated heterocycles. The van der Waals surface area contributed by atoms with E-state index in [2.05, 4.69) is 13.0 Å². The highest BCUT2D eigenvalue weighted by atomic mass is 16.3. The maximum atomic E-state index is 9.48. The zero-order valence-electron chi connectivity index (χ0n) is 10.2. The Hall–Kier alpha value is -0.300. The van der Waals surface area contributed by atoms with Crippen molar-refractivity contribution in [2.45, 2.75) is 77.2 Å². The van der Waals surface area contributed by atoms with Crippen LogP contribution in [0.3, 0.4) is 0 Å². The fourth-order valence-electron chi connectivity index (χ4n) is 2.32. The molecule has 1 heteroatoms. The lowest BCUT2D eigenvalue weighted by atomic mass is 9.93. The van der Waals surface area contributed by atoms with Crippen LogP contribution in [0.1, 0.15) is 71.1 Å². The quantitative estimate of drug-likeness (QED) is 0.493. The van der Waals surface area contributed by atoms with E-state index in [1.54, 1.807) is 0 Å². The molecule has 0 aromatic heterocycles. The molecule has 15 heavy (non-hydrogen) atoms. The second-order valence-electron chi connectivity index (χ2n) is 4.80. The predicted molar refractivity (Wildman–Crippen MR) is 65.9 cm³/mol. The summed E-state index contributed by atoms with van der Waals surface area (Å²) in [7, 11) is 0. The Morgan fingerprint density at radius 3 is 2.67 bits per heavy atom. The van der Waals surface area contributed by atoms with Crippen molar-refractivity contribution >= 4 is 0 Å². The van der Waals surface area contributed by atoms with E-state index in [0.29, 0.717) is 0 Å². The van der Waals surface area contributed by atoms with Gasteiger partial charge in [0.2, 0.25) is 0 Å². The molecule has 0 heterocycles. The molecule has 0 saturated carbocycles. The molecule has 88 valence electrons. The molecule has 0 amide bonds. The van der Waals surface area contributed by atoms with Crippen LogP contribution in [0.5, 0.6) is 0 Å². The number of rotatable bonds is 7. The zero-order valence-corrected chi connectivity index (χ0v) is 10.2. The second kappa shape index (κ2) is 7.92. The lowest BCUT2D eigenvalue weighted by Crippen LogP contribution is -2.08. The average Bonchev–Trinajstić information content (AvgIpc) is 2.23. The fourth-order valence-corrected chi connectivity index (χ4v) is 2.32. The van der Waals surface area contributed by atoms with Crippen molar-refractivity contribution in [2.75, 3.05) is 0 Å². The first kappa shape index (κ1) is 12.8. The van der Waals surface area contributed by atoms with Gasteiger partial charge in [-0.2, -0.15) is 0 Å². The van der Waals surface area contributed by atoms with Gasteiger partial charge >= 0.3 is 0 Å². The van der Waals surface area contributed by atoms with Gasteiger partial charge in [-0.25, -0.2) is 0 Å². The Bertz CT molecular complexity index is 184. The normalized spacial score (nSPS) is 21.5. The van der Waals surface area contributed by atoms with Gasteiger partial charge in [-0.1, -0.05) is 50.7 Å². The van der Waals surface area contributed by atoms with Gasteiger partial charge < -0.3 is 5.11 Å². The molecule has 1 atom stereocenters. The highest BCUT2D eigenvalue weighted by molar-refractivity contribution is 5.08. The minimum Gasteiger partial charge on any atom is -0.389 e. The van der Waals surface area contributed by atoms with E-state index in [0.717, 1.165) is 6.42 Å². The third-order valence-electron chi connectivity index (χ3n) is 3.28. The largest absolute Gasteiger partial charge is 0.389 e. The standard InChI is InChI=1S/C14H26O/c1-2-3-4-5-6-7-9-13-10-8-11-14(15)12-13/h12,14-15H,2-11H2,1H3. The third kappa shape index (κ3) is 5.99. The Kier molecular flexibility index (Phi) is 6.74. The van der Waals surface area contributed by atoms with E-state index in [4.69, 9.17) is 0 Å². The molecule has 1 aliphatic rings. The van der Waals surface area contributed by atoms with Crippen molar-refractivity contribution in [3.05, 3.63) is 11.6 Å². The van der Waals surface area contributed by atoms with Crippen LogP contribution >= 0.6 is 0 Å². The first-order valence-electron chi connectivity index (χ1n) is 6.70. The summed E-state index contributed by atoms with van der Waals surface area (Å²) in [6, 6.07) is 0. The van der Waals surface area contributed by atoms with E-state index < -0.39 is 0 Å². The molecular weight excluding hydrogens is 184 g/mol. The maximum absolute atomic E-state index is 9.48. The number of aliphatic hydroxyl groups is 1. The fraction of sp³-hybridized carbons (Fsp3) is 0.857.